The van der Waals surface area contributed by atoms with Gasteiger partial charge in [-0.15, -0.1) is 0 Å². The number of aliphatic carboxylic acids is 1. The first-order valence-electron chi connectivity index (χ1n) is 10.3. The zero-order chi connectivity index (χ0) is 23.7. The summed E-state index contributed by atoms with van der Waals surface area (Å²) in [5.74, 6) is -2.55. The first-order chi connectivity index (χ1) is 15.1. The molecule has 11 heteroatoms. The second-order valence-corrected chi connectivity index (χ2v) is 7.70. The third-order valence-electron chi connectivity index (χ3n) is 5.38. The molecule has 0 spiro atoms. The number of carbonyl (C=O) groups is 2. The number of hydrogen-bond donors (Lipinski definition) is 1. The fraction of sp³-hybridized carbons (Fsp3) is 0.619. The van der Waals surface area contributed by atoms with E-state index in [4.69, 9.17) is 19.4 Å². The first kappa shape index (κ1) is 26.0. The van der Waals surface area contributed by atoms with Gasteiger partial charge in [0.2, 0.25) is 5.91 Å². The van der Waals surface area contributed by atoms with E-state index in [-0.39, 0.29) is 24.2 Å². The summed E-state index contributed by atoms with van der Waals surface area (Å²) in [6, 6.07) is 6.27. The number of ether oxygens (including phenoxy) is 2. The topological polar surface area (TPSA) is 79.3 Å². The number of fused-ring (bicyclic) bond motifs is 1. The molecule has 2 heterocycles. The summed E-state index contributed by atoms with van der Waals surface area (Å²) in [4.78, 5) is 25.7. The van der Waals surface area contributed by atoms with E-state index >= 15 is 0 Å². The summed E-state index contributed by atoms with van der Waals surface area (Å²) in [5, 5.41) is 7.12. The van der Waals surface area contributed by atoms with Crippen LogP contribution in [0.15, 0.2) is 24.3 Å². The van der Waals surface area contributed by atoms with Gasteiger partial charge in [-0.25, -0.2) is 9.18 Å². The van der Waals surface area contributed by atoms with E-state index in [1.54, 1.807) is 19.2 Å². The van der Waals surface area contributed by atoms with Gasteiger partial charge in [-0.1, -0.05) is 12.1 Å². The molecule has 1 N–H and O–H groups in total. The number of hydrogen-bond acceptors (Lipinski definition) is 5. The van der Waals surface area contributed by atoms with Gasteiger partial charge in [0.1, 0.15) is 5.82 Å². The molecule has 0 bridgehead atoms. The quantitative estimate of drug-likeness (QED) is 0.674. The number of amides is 1. The molecule has 0 aliphatic carbocycles. The molecule has 0 saturated carbocycles. The molecule has 7 nitrogen and oxygen atoms in total. The third kappa shape index (κ3) is 8.36. The third-order valence-corrected chi connectivity index (χ3v) is 5.38. The van der Waals surface area contributed by atoms with Crippen LogP contribution in [0.2, 0.25) is 0 Å². The second kappa shape index (κ2) is 12.1. The molecular formula is C21H28F4N2O5. The van der Waals surface area contributed by atoms with Crippen LogP contribution in [0.5, 0.6) is 0 Å². The molecule has 180 valence electrons. The molecule has 0 radical (unpaired) electrons. The van der Waals surface area contributed by atoms with Gasteiger partial charge >= 0.3 is 12.1 Å². The van der Waals surface area contributed by atoms with Gasteiger partial charge in [-0.3, -0.25) is 9.69 Å². The van der Waals surface area contributed by atoms with Gasteiger partial charge < -0.3 is 19.5 Å². The molecule has 2 aliphatic heterocycles. The number of carboxylic acids is 1. The largest absolute Gasteiger partial charge is 0.490 e. The van der Waals surface area contributed by atoms with E-state index in [0.717, 1.165) is 44.8 Å². The van der Waals surface area contributed by atoms with Gasteiger partial charge in [0.15, 0.2) is 0 Å². The van der Waals surface area contributed by atoms with E-state index in [2.05, 4.69) is 4.90 Å². The minimum absolute atomic E-state index is 0.0492. The molecule has 2 aliphatic rings. The Morgan fingerprint density at radius 2 is 1.97 bits per heavy atom. The van der Waals surface area contributed by atoms with Crippen molar-refractivity contribution >= 4 is 11.9 Å². The molecule has 32 heavy (non-hydrogen) atoms. The summed E-state index contributed by atoms with van der Waals surface area (Å²) >= 11 is 0. The number of nitrogens with zero attached hydrogens (tertiary/aromatic N) is 2. The Morgan fingerprint density at radius 3 is 2.59 bits per heavy atom. The predicted octanol–water partition coefficient (Wildman–Crippen LogP) is 2.20. The van der Waals surface area contributed by atoms with Crippen molar-refractivity contribution in [1.29, 1.82) is 0 Å². The van der Waals surface area contributed by atoms with Gasteiger partial charge in [0, 0.05) is 45.8 Å². The Balaban J connectivity index is 0.000000451. The molecule has 1 aromatic carbocycles. The highest BCUT2D eigenvalue weighted by Gasteiger charge is 2.38. The number of rotatable bonds is 5. The summed E-state index contributed by atoms with van der Waals surface area (Å²) in [6.07, 6.45) is -3.80. The van der Waals surface area contributed by atoms with Gasteiger partial charge in [0.05, 0.1) is 25.7 Å². The minimum Gasteiger partial charge on any atom is -0.475 e. The summed E-state index contributed by atoms with van der Waals surface area (Å²) in [5.41, 5.74) is 0.722. The Labute approximate surface area is 183 Å². The van der Waals surface area contributed by atoms with Crippen LogP contribution < -0.4 is 0 Å². The van der Waals surface area contributed by atoms with E-state index in [0.29, 0.717) is 19.1 Å². The summed E-state index contributed by atoms with van der Waals surface area (Å²) < 4.78 is 56.2. The summed E-state index contributed by atoms with van der Waals surface area (Å²) in [7, 11) is 1.72. The van der Waals surface area contributed by atoms with Gasteiger partial charge in [-0.05, 0) is 24.1 Å². The van der Waals surface area contributed by atoms with Crippen LogP contribution in [0.3, 0.4) is 0 Å². The number of halogens is 4. The average molecular weight is 464 g/mol. The standard InChI is InChI=1S/C19H27FN2O3.C2HF3O2/c1-24-9-7-21-8-10-25-18-14-22(6-5-16(18)13-21)19(23)12-15-3-2-4-17(20)11-15;3-2(4,5)1(6)7/h2-4,11,16,18H,5-10,12-14H2,1H3;(H,6,7)/t16-,18-;/m1./s1. The van der Waals surface area contributed by atoms with E-state index in [1.165, 1.54) is 12.1 Å². The van der Waals surface area contributed by atoms with Crippen molar-refractivity contribution in [3.8, 4) is 0 Å². The number of carboxylic acid groups (broad SMARTS) is 1. The van der Waals surface area contributed by atoms with Crippen LogP contribution >= 0.6 is 0 Å². The lowest BCUT2D eigenvalue weighted by atomic mass is 9.93. The molecular weight excluding hydrogens is 436 g/mol. The molecule has 2 fully saturated rings. The molecule has 2 atom stereocenters. The number of likely N-dealkylation sites (tertiary alicyclic amines) is 1. The SMILES string of the molecule is COCCN1CCO[C@@H]2CN(C(=O)Cc3cccc(F)c3)CC[C@@H]2C1.O=C(O)C(F)(F)F. The number of alkyl halides is 3. The van der Waals surface area contributed by atoms with Crippen LogP contribution in [-0.2, 0) is 25.5 Å². The van der Waals surface area contributed by atoms with Crippen LogP contribution in [0, 0.1) is 11.7 Å². The zero-order valence-electron chi connectivity index (χ0n) is 17.8. The van der Waals surface area contributed by atoms with Crippen molar-refractivity contribution < 1.29 is 41.7 Å². The highest BCUT2D eigenvalue weighted by Crippen LogP contribution is 2.24. The van der Waals surface area contributed by atoms with Crippen LogP contribution in [0.4, 0.5) is 17.6 Å². The highest BCUT2D eigenvalue weighted by molar-refractivity contribution is 5.79. The van der Waals surface area contributed by atoms with Crippen LogP contribution in [-0.4, -0.2) is 92.1 Å². The normalized spacial score (nSPS) is 21.7. The summed E-state index contributed by atoms with van der Waals surface area (Å²) in [6.45, 7) is 5.64. The highest BCUT2D eigenvalue weighted by atomic mass is 19.4. The predicted molar refractivity (Wildman–Crippen MR) is 107 cm³/mol. The van der Waals surface area contributed by atoms with Crippen molar-refractivity contribution in [3.05, 3.63) is 35.6 Å². The van der Waals surface area contributed by atoms with Crippen molar-refractivity contribution in [1.82, 2.24) is 9.80 Å². The fourth-order valence-corrected chi connectivity index (χ4v) is 3.70. The van der Waals surface area contributed by atoms with Crippen LogP contribution in [0.25, 0.3) is 0 Å². The number of carbonyl (C=O) groups excluding carboxylic acids is 1. The fourth-order valence-electron chi connectivity index (χ4n) is 3.70. The lowest BCUT2D eigenvalue weighted by molar-refractivity contribution is -0.192. The molecule has 1 aromatic rings. The van der Waals surface area contributed by atoms with Crippen molar-refractivity contribution in [2.24, 2.45) is 5.92 Å². The Kier molecular flexibility index (Phi) is 9.85. The minimum atomic E-state index is -5.08. The number of benzene rings is 1. The molecule has 3 rings (SSSR count). The smallest absolute Gasteiger partial charge is 0.475 e. The Hall–Kier alpha value is -2.24. The maximum Gasteiger partial charge on any atom is 0.490 e. The van der Waals surface area contributed by atoms with E-state index in [1.807, 2.05) is 4.90 Å². The zero-order valence-corrected chi connectivity index (χ0v) is 17.8. The maximum atomic E-state index is 13.3. The van der Waals surface area contributed by atoms with E-state index in [9.17, 15) is 22.4 Å². The lowest BCUT2D eigenvalue weighted by Crippen LogP contribution is -2.49. The monoisotopic (exact) mass is 464 g/mol. The van der Waals surface area contributed by atoms with Gasteiger partial charge in [0.25, 0.3) is 0 Å². The number of methoxy groups -OCH3 is 1. The van der Waals surface area contributed by atoms with Crippen molar-refractivity contribution in [2.45, 2.75) is 25.1 Å². The average Bonchev–Trinajstić information content (AvgIpc) is 2.93. The molecule has 0 aromatic heterocycles. The first-order valence-corrected chi connectivity index (χ1v) is 10.3. The van der Waals surface area contributed by atoms with Gasteiger partial charge in [-0.2, -0.15) is 13.2 Å². The molecule has 0 unspecified atom stereocenters. The lowest BCUT2D eigenvalue weighted by Gasteiger charge is -2.38. The van der Waals surface area contributed by atoms with Crippen molar-refractivity contribution in [2.75, 3.05) is 53.0 Å². The second-order valence-electron chi connectivity index (χ2n) is 7.70. The van der Waals surface area contributed by atoms with E-state index < -0.39 is 12.1 Å². The number of piperidine rings is 1. The molecule has 1 amide bonds. The Bertz CT molecular complexity index is 762. The Morgan fingerprint density at radius 1 is 1.25 bits per heavy atom. The van der Waals surface area contributed by atoms with Crippen LogP contribution in [0.1, 0.15) is 12.0 Å². The molecule has 2 saturated heterocycles. The van der Waals surface area contributed by atoms with Crippen molar-refractivity contribution in [3.63, 3.8) is 0 Å². The maximum absolute atomic E-state index is 13.3.